The summed E-state index contributed by atoms with van der Waals surface area (Å²) in [5.41, 5.74) is 14.0. The van der Waals surface area contributed by atoms with Gasteiger partial charge in [0.25, 0.3) is 0 Å². The molecule has 1 aliphatic carbocycles. The summed E-state index contributed by atoms with van der Waals surface area (Å²) in [5.74, 6) is 0. The third-order valence-electron chi connectivity index (χ3n) is 11.8. The Morgan fingerprint density at radius 3 is 1.62 bits per heavy atom. The minimum atomic E-state index is -0.184. The predicted molar refractivity (Wildman–Crippen MR) is 222 cm³/mol. The Kier molecular flexibility index (Phi) is 6.08. The van der Waals surface area contributed by atoms with E-state index in [0.29, 0.717) is 0 Å². The molecule has 0 unspecified atom stereocenters. The van der Waals surface area contributed by atoms with Crippen LogP contribution < -0.4 is 0 Å². The molecule has 244 valence electrons. The Hall–Kier alpha value is -6.44. The summed E-state index contributed by atoms with van der Waals surface area (Å²) in [6.45, 7) is 4.82. The molecule has 0 spiro atoms. The zero-order chi connectivity index (χ0) is 34.6. The summed E-state index contributed by atoms with van der Waals surface area (Å²) in [6.07, 6.45) is 2.04. The van der Waals surface area contributed by atoms with Gasteiger partial charge in [-0.05, 0) is 141 Å². The van der Waals surface area contributed by atoms with Gasteiger partial charge in [-0.15, -0.1) is 0 Å². The molecule has 10 aromatic rings. The van der Waals surface area contributed by atoms with E-state index in [9.17, 15) is 0 Å². The highest BCUT2D eigenvalue weighted by atomic mass is 14.7. The number of rotatable bonds is 3. The molecule has 0 amide bonds. The average Bonchev–Trinajstić information content (AvgIpc) is 3.76. The first-order valence-electron chi connectivity index (χ1n) is 18.3. The fraction of sp³-hybridized carbons (Fsp3) is 0.0588. The van der Waals surface area contributed by atoms with Gasteiger partial charge in [0, 0.05) is 22.5 Å². The number of fused-ring (bicyclic) bond motifs is 8. The third kappa shape index (κ3) is 4.17. The van der Waals surface area contributed by atoms with Gasteiger partial charge < -0.3 is 4.98 Å². The zero-order valence-corrected chi connectivity index (χ0v) is 29.2. The molecular weight excluding hydrogens is 627 g/mol. The molecule has 0 aliphatic heterocycles. The fourth-order valence-corrected chi connectivity index (χ4v) is 9.22. The Labute approximate surface area is 302 Å². The van der Waals surface area contributed by atoms with Gasteiger partial charge in [0.15, 0.2) is 0 Å². The Morgan fingerprint density at radius 2 is 0.942 bits per heavy atom. The van der Waals surface area contributed by atoms with Gasteiger partial charge >= 0.3 is 0 Å². The van der Waals surface area contributed by atoms with Crippen molar-refractivity contribution < 1.29 is 0 Å². The topological polar surface area (TPSA) is 15.8 Å². The Bertz CT molecular complexity index is 3100. The molecule has 0 saturated carbocycles. The van der Waals surface area contributed by atoms with Crippen LogP contribution in [-0.2, 0) is 5.41 Å². The van der Waals surface area contributed by atoms with Gasteiger partial charge in [-0.1, -0.05) is 135 Å². The Balaban J connectivity index is 1.24. The largest absolute Gasteiger partial charge is 0.361 e. The lowest BCUT2D eigenvalue weighted by Crippen LogP contribution is -2.15. The van der Waals surface area contributed by atoms with Crippen molar-refractivity contribution in [2.24, 2.45) is 0 Å². The molecule has 1 heterocycles. The molecular formula is C51H35N. The van der Waals surface area contributed by atoms with Gasteiger partial charge in [-0.3, -0.25) is 0 Å². The van der Waals surface area contributed by atoms with Crippen LogP contribution in [0.15, 0.2) is 170 Å². The van der Waals surface area contributed by atoms with E-state index in [-0.39, 0.29) is 5.41 Å². The smallest absolute Gasteiger partial charge is 0.0460 e. The highest BCUT2D eigenvalue weighted by molar-refractivity contribution is 6.23. The summed E-state index contributed by atoms with van der Waals surface area (Å²) in [5, 5.41) is 11.4. The van der Waals surface area contributed by atoms with Crippen molar-refractivity contribution in [2.45, 2.75) is 19.3 Å². The van der Waals surface area contributed by atoms with E-state index < -0.39 is 0 Å². The molecule has 1 N–H and O–H groups in total. The molecule has 9 aromatic carbocycles. The summed E-state index contributed by atoms with van der Waals surface area (Å²) in [4.78, 5) is 3.40. The molecule has 0 bridgehead atoms. The van der Waals surface area contributed by atoms with Crippen molar-refractivity contribution in [2.75, 3.05) is 0 Å². The Morgan fingerprint density at radius 1 is 0.365 bits per heavy atom. The van der Waals surface area contributed by atoms with E-state index in [1.807, 2.05) is 6.20 Å². The van der Waals surface area contributed by atoms with Crippen molar-refractivity contribution in [3.63, 3.8) is 0 Å². The highest BCUT2D eigenvalue weighted by Gasteiger charge is 2.37. The number of nitrogens with one attached hydrogen (secondary N) is 1. The van der Waals surface area contributed by atoms with Crippen LogP contribution >= 0.6 is 0 Å². The highest BCUT2D eigenvalue weighted by Crippen LogP contribution is 2.54. The van der Waals surface area contributed by atoms with Crippen molar-refractivity contribution >= 4 is 54.0 Å². The second kappa shape index (κ2) is 10.8. The second-order valence-corrected chi connectivity index (χ2v) is 15.0. The summed E-state index contributed by atoms with van der Waals surface area (Å²) in [7, 11) is 0. The minimum absolute atomic E-state index is 0.184. The maximum atomic E-state index is 3.40. The first-order chi connectivity index (χ1) is 25.5. The van der Waals surface area contributed by atoms with Gasteiger partial charge in [-0.25, -0.2) is 0 Å². The summed E-state index contributed by atoms with van der Waals surface area (Å²) >= 11 is 0. The minimum Gasteiger partial charge on any atom is -0.361 e. The van der Waals surface area contributed by atoms with Crippen molar-refractivity contribution in [3.05, 3.63) is 181 Å². The molecule has 1 aliphatic rings. The number of benzene rings is 9. The van der Waals surface area contributed by atoms with E-state index in [2.05, 4.69) is 183 Å². The van der Waals surface area contributed by atoms with Crippen LogP contribution in [0.4, 0.5) is 0 Å². The molecule has 11 rings (SSSR count). The van der Waals surface area contributed by atoms with Crippen molar-refractivity contribution in [1.82, 2.24) is 4.98 Å². The van der Waals surface area contributed by atoms with Crippen LogP contribution in [0.25, 0.3) is 98.5 Å². The van der Waals surface area contributed by atoms with E-state index in [0.717, 1.165) is 0 Å². The van der Waals surface area contributed by atoms with Gasteiger partial charge in [-0.2, -0.15) is 0 Å². The lowest BCUT2D eigenvalue weighted by Gasteiger charge is -2.24. The van der Waals surface area contributed by atoms with Gasteiger partial charge in [0.05, 0.1) is 0 Å². The van der Waals surface area contributed by atoms with E-state index in [4.69, 9.17) is 0 Å². The normalized spacial score (nSPS) is 13.3. The second-order valence-electron chi connectivity index (χ2n) is 15.0. The van der Waals surface area contributed by atoms with Gasteiger partial charge in [0.2, 0.25) is 0 Å². The molecule has 0 atom stereocenters. The van der Waals surface area contributed by atoms with Crippen molar-refractivity contribution in [1.29, 1.82) is 0 Å². The number of hydrogen-bond donors (Lipinski definition) is 1. The predicted octanol–water partition coefficient (Wildman–Crippen LogP) is 14.1. The van der Waals surface area contributed by atoms with Crippen molar-refractivity contribution in [3.8, 4) is 44.5 Å². The van der Waals surface area contributed by atoms with E-state index in [1.54, 1.807) is 0 Å². The standard InChI is InChI=1S/C51H35N/c1-51(2)46-28-35(38-16-9-17-48-40(38)24-25-52-48)22-23-39(46)43-29-44-45(30-47(43)51)50(37-21-19-32-11-4-6-13-34(32)27-37)42-15-8-7-14-41(42)49(44)36-20-18-31-10-3-5-12-33(31)26-36/h3-30,52H,1-2H3. The number of aromatic nitrogens is 1. The van der Waals surface area contributed by atoms with Crippen LogP contribution in [0.3, 0.4) is 0 Å². The quantitative estimate of drug-likeness (QED) is 0.181. The van der Waals surface area contributed by atoms with Crippen LogP contribution in [-0.4, -0.2) is 4.98 Å². The summed E-state index contributed by atoms with van der Waals surface area (Å²) < 4.78 is 0. The lowest BCUT2D eigenvalue weighted by molar-refractivity contribution is 0.661. The van der Waals surface area contributed by atoms with Crippen LogP contribution in [0, 0.1) is 0 Å². The average molecular weight is 662 g/mol. The third-order valence-corrected chi connectivity index (χ3v) is 11.8. The maximum Gasteiger partial charge on any atom is 0.0460 e. The van der Waals surface area contributed by atoms with Crippen LogP contribution in [0.1, 0.15) is 25.0 Å². The molecule has 1 nitrogen and oxygen atoms in total. The number of hydrogen-bond acceptors (Lipinski definition) is 0. The fourth-order valence-electron chi connectivity index (χ4n) is 9.22. The van der Waals surface area contributed by atoms with E-state index in [1.165, 1.54) is 110 Å². The van der Waals surface area contributed by atoms with Crippen LogP contribution in [0.2, 0.25) is 0 Å². The SMILES string of the molecule is CC1(C)c2cc(-c3cccc4[nH]ccc34)ccc2-c2cc3c(-c4ccc5ccccc5c4)c4ccccc4c(-c4ccc5ccccc5c4)c3cc21. The molecule has 1 heteroatoms. The molecule has 0 fully saturated rings. The van der Waals surface area contributed by atoms with Gasteiger partial charge in [0.1, 0.15) is 0 Å². The monoisotopic (exact) mass is 661 g/mol. The van der Waals surface area contributed by atoms with E-state index >= 15 is 0 Å². The molecule has 1 aromatic heterocycles. The molecule has 0 saturated heterocycles. The molecule has 52 heavy (non-hydrogen) atoms. The zero-order valence-electron chi connectivity index (χ0n) is 29.2. The number of aromatic amines is 1. The first-order valence-corrected chi connectivity index (χ1v) is 18.3. The first kappa shape index (κ1) is 29.3. The maximum absolute atomic E-state index is 3.40. The summed E-state index contributed by atoms with van der Waals surface area (Å²) in [6, 6.07) is 61.3. The van der Waals surface area contributed by atoms with Crippen LogP contribution in [0.5, 0.6) is 0 Å². The lowest BCUT2D eigenvalue weighted by atomic mass is 9.79. The molecule has 0 radical (unpaired) electrons. The number of H-pyrrole nitrogens is 1.